The summed E-state index contributed by atoms with van der Waals surface area (Å²) in [7, 11) is 0. The molecule has 16 heavy (non-hydrogen) atoms. The Balaban J connectivity index is 2.26. The van der Waals surface area contributed by atoms with Gasteiger partial charge in [0.05, 0.1) is 13.3 Å². The molecule has 7 nitrogen and oxygen atoms in total. The molecular weight excluding hydrogens is 212 g/mol. The van der Waals surface area contributed by atoms with Crippen LogP contribution in [0.4, 0.5) is 0 Å². The predicted octanol–water partition coefficient (Wildman–Crippen LogP) is -2.28. The second-order valence-corrected chi connectivity index (χ2v) is 3.43. The molecule has 0 saturated carbocycles. The maximum atomic E-state index is 11.4. The van der Waals surface area contributed by atoms with Crippen LogP contribution >= 0.6 is 0 Å². The van der Waals surface area contributed by atoms with Gasteiger partial charge in [0.1, 0.15) is 6.04 Å². The number of allylic oxidation sites excluding steroid dienone is 1. The Bertz CT molecular complexity index is 303. The number of aliphatic hydroxyl groups excluding tert-OH is 1. The lowest BCUT2D eigenvalue weighted by molar-refractivity contribution is -0.128. The zero-order valence-electron chi connectivity index (χ0n) is 8.82. The largest absolute Gasteiger partial charge is 0.394 e. The molecule has 0 aromatic rings. The van der Waals surface area contributed by atoms with E-state index in [-0.39, 0.29) is 12.3 Å². The quantitative estimate of drug-likeness (QED) is 0.351. The van der Waals surface area contributed by atoms with Crippen LogP contribution in [-0.4, -0.2) is 36.2 Å². The molecule has 7 heteroatoms. The number of amides is 2. The fraction of sp³-hybridized carbons (Fsp3) is 0.556. The summed E-state index contributed by atoms with van der Waals surface area (Å²) in [5, 5.41) is 17.1. The molecular formula is C9H16N4O3. The van der Waals surface area contributed by atoms with Crippen molar-refractivity contribution < 1.29 is 14.7 Å². The van der Waals surface area contributed by atoms with Crippen molar-refractivity contribution in [2.45, 2.75) is 18.9 Å². The van der Waals surface area contributed by atoms with Crippen LogP contribution in [0.3, 0.4) is 0 Å². The smallest absolute Gasteiger partial charge is 0.242 e. The molecule has 0 bridgehead atoms. The van der Waals surface area contributed by atoms with E-state index in [0.717, 1.165) is 5.70 Å². The molecule has 0 unspecified atom stereocenters. The van der Waals surface area contributed by atoms with E-state index in [9.17, 15) is 9.59 Å². The maximum absolute atomic E-state index is 11.4. The lowest BCUT2D eigenvalue weighted by atomic mass is 10.2. The minimum absolute atomic E-state index is 0.240. The van der Waals surface area contributed by atoms with Crippen molar-refractivity contribution >= 4 is 11.8 Å². The van der Waals surface area contributed by atoms with Crippen LogP contribution in [0.25, 0.3) is 0 Å². The number of hydrogen-bond acceptors (Lipinski definition) is 5. The second kappa shape index (κ2) is 5.96. The number of carbonyl (C=O) groups excluding carboxylic acids is 2. The molecule has 2 amide bonds. The summed E-state index contributed by atoms with van der Waals surface area (Å²) in [5.41, 5.74) is 5.91. The molecule has 1 atom stereocenters. The number of aliphatic hydroxyl groups is 1. The Kier molecular flexibility index (Phi) is 4.59. The number of carbonyl (C=O) groups is 2. The van der Waals surface area contributed by atoms with Crippen LogP contribution in [0, 0.1) is 0 Å². The average molecular weight is 228 g/mol. The Hall–Kier alpha value is -1.76. The number of hydrogen-bond donors (Lipinski definition) is 5. The van der Waals surface area contributed by atoms with Crippen LogP contribution in [0.5, 0.6) is 0 Å². The minimum Gasteiger partial charge on any atom is -0.394 e. The van der Waals surface area contributed by atoms with Gasteiger partial charge in [-0.25, -0.2) is 0 Å². The Morgan fingerprint density at radius 1 is 1.62 bits per heavy atom. The monoisotopic (exact) mass is 228 g/mol. The first-order valence-electron chi connectivity index (χ1n) is 4.99. The van der Waals surface area contributed by atoms with Gasteiger partial charge in [-0.1, -0.05) is 0 Å². The molecule has 0 fully saturated rings. The lowest BCUT2D eigenvalue weighted by Crippen LogP contribution is -2.46. The first-order valence-corrected chi connectivity index (χ1v) is 4.99. The van der Waals surface area contributed by atoms with Crippen molar-refractivity contribution in [3.05, 3.63) is 11.9 Å². The van der Waals surface area contributed by atoms with Crippen molar-refractivity contribution in [1.29, 1.82) is 0 Å². The van der Waals surface area contributed by atoms with Gasteiger partial charge in [-0.3, -0.25) is 9.59 Å². The molecule has 0 aromatic carbocycles. The van der Waals surface area contributed by atoms with Crippen LogP contribution in [0.1, 0.15) is 12.8 Å². The maximum Gasteiger partial charge on any atom is 0.242 e. The summed E-state index contributed by atoms with van der Waals surface area (Å²) in [4.78, 5) is 22.1. The van der Waals surface area contributed by atoms with E-state index in [4.69, 9.17) is 10.8 Å². The third-order valence-corrected chi connectivity index (χ3v) is 2.18. The van der Waals surface area contributed by atoms with E-state index in [2.05, 4.69) is 16.0 Å². The second-order valence-electron chi connectivity index (χ2n) is 3.43. The fourth-order valence-corrected chi connectivity index (χ4v) is 1.27. The van der Waals surface area contributed by atoms with Gasteiger partial charge in [-0.15, -0.1) is 0 Å². The lowest BCUT2D eigenvalue weighted by Gasteiger charge is -2.12. The van der Waals surface area contributed by atoms with Crippen LogP contribution in [0.2, 0.25) is 0 Å². The number of rotatable bonds is 6. The third-order valence-electron chi connectivity index (χ3n) is 2.18. The summed E-state index contributed by atoms with van der Waals surface area (Å²) < 4.78 is 0. The van der Waals surface area contributed by atoms with Gasteiger partial charge < -0.3 is 26.8 Å². The summed E-state index contributed by atoms with van der Waals surface area (Å²) in [5.74, 6) is -1.05. The number of primary amides is 1. The molecule has 1 rings (SSSR count). The van der Waals surface area contributed by atoms with E-state index in [0.29, 0.717) is 13.1 Å². The van der Waals surface area contributed by atoms with Gasteiger partial charge in [0.2, 0.25) is 11.8 Å². The van der Waals surface area contributed by atoms with E-state index >= 15 is 0 Å². The zero-order chi connectivity index (χ0) is 12.0. The van der Waals surface area contributed by atoms with E-state index < -0.39 is 18.6 Å². The van der Waals surface area contributed by atoms with Crippen molar-refractivity contribution in [2.24, 2.45) is 5.73 Å². The molecule has 0 spiro atoms. The first kappa shape index (κ1) is 12.3. The molecule has 1 heterocycles. The van der Waals surface area contributed by atoms with E-state index in [1.165, 1.54) is 0 Å². The van der Waals surface area contributed by atoms with E-state index in [1.807, 2.05) is 0 Å². The summed E-state index contributed by atoms with van der Waals surface area (Å²) in [6, 6.07) is -1.00. The molecule has 1 aliphatic rings. The van der Waals surface area contributed by atoms with Crippen LogP contribution in [0.15, 0.2) is 11.9 Å². The predicted molar refractivity (Wildman–Crippen MR) is 56.7 cm³/mol. The van der Waals surface area contributed by atoms with Gasteiger partial charge in [-0.05, 0) is 6.42 Å². The van der Waals surface area contributed by atoms with Gasteiger partial charge in [-0.2, -0.15) is 0 Å². The Labute approximate surface area is 93.1 Å². The van der Waals surface area contributed by atoms with Crippen LogP contribution < -0.4 is 21.7 Å². The van der Waals surface area contributed by atoms with E-state index in [1.54, 1.807) is 6.20 Å². The van der Waals surface area contributed by atoms with Gasteiger partial charge in [0, 0.05) is 18.3 Å². The van der Waals surface area contributed by atoms with Gasteiger partial charge in [0.25, 0.3) is 0 Å². The fourth-order valence-electron chi connectivity index (χ4n) is 1.27. The van der Waals surface area contributed by atoms with Crippen molar-refractivity contribution in [1.82, 2.24) is 16.0 Å². The molecule has 0 aromatic heterocycles. The normalized spacial score (nSPS) is 15.7. The SMILES string of the molecule is NC(=O)[C@H](CO)NC(=O)CCC1=CNCN1. The topological polar surface area (TPSA) is 116 Å². The van der Waals surface area contributed by atoms with Crippen molar-refractivity contribution in [3.63, 3.8) is 0 Å². The molecule has 0 aliphatic carbocycles. The van der Waals surface area contributed by atoms with Gasteiger partial charge in [0.15, 0.2) is 0 Å². The Morgan fingerprint density at radius 2 is 2.38 bits per heavy atom. The summed E-state index contributed by atoms with van der Waals surface area (Å²) in [6.07, 6.45) is 2.59. The average Bonchev–Trinajstić information content (AvgIpc) is 2.75. The first-order chi connectivity index (χ1) is 7.63. The van der Waals surface area contributed by atoms with Gasteiger partial charge >= 0.3 is 0 Å². The molecule has 1 aliphatic heterocycles. The number of nitrogens with two attached hydrogens (primary N) is 1. The van der Waals surface area contributed by atoms with Crippen molar-refractivity contribution in [2.75, 3.05) is 13.3 Å². The standard InChI is InChI=1S/C9H16N4O3/c10-9(16)7(4-14)13-8(15)2-1-6-3-11-5-12-6/h3,7,11-12,14H,1-2,4-5H2,(H2,10,16)(H,13,15)/t7-/m0/s1. The summed E-state index contributed by atoms with van der Waals surface area (Å²) in [6.45, 7) is 0.182. The highest BCUT2D eigenvalue weighted by molar-refractivity contribution is 5.86. The number of nitrogens with one attached hydrogen (secondary N) is 3. The molecule has 6 N–H and O–H groups in total. The Morgan fingerprint density at radius 3 is 2.88 bits per heavy atom. The summed E-state index contributed by atoms with van der Waals surface area (Å²) >= 11 is 0. The third kappa shape index (κ3) is 3.77. The molecule has 0 saturated heterocycles. The highest BCUT2D eigenvalue weighted by atomic mass is 16.3. The van der Waals surface area contributed by atoms with Crippen molar-refractivity contribution in [3.8, 4) is 0 Å². The minimum atomic E-state index is -1.00. The highest BCUT2D eigenvalue weighted by Gasteiger charge is 2.16. The molecule has 0 radical (unpaired) electrons. The van der Waals surface area contributed by atoms with Crippen LogP contribution in [-0.2, 0) is 9.59 Å². The molecule has 90 valence electrons. The highest BCUT2D eigenvalue weighted by Crippen LogP contribution is 2.02. The zero-order valence-corrected chi connectivity index (χ0v) is 8.82.